The minimum Gasteiger partial charge on any atom is -0.387 e. The average Bonchev–Trinajstić information content (AvgIpc) is 2.54. The Labute approximate surface area is 87.6 Å². The number of nitrogens with two attached hydrogens (primary N) is 1. The normalized spacial score (nSPS) is 13.3. The van der Waals surface area contributed by atoms with Crippen LogP contribution in [0.4, 0.5) is 0 Å². The number of fused-ring (bicyclic) bond motifs is 1. The maximum atomic E-state index is 9.93. The van der Waals surface area contributed by atoms with Crippen molar-refractivity contribution in [2.45, 2.75) is 19.4 Å². The standard InChI is InChI=1S/C10H14N4O/c1-7-10(8(15)2-3-11)14-5-4-12-6-9(14)13-7/h4-6,8,15H,2-3,11H2,1H3. The summed E-state index contributed by atoms with van der Waals surface area (Å²) < 4.78 is 1.85. The summed E-state index contributed by atoms with van der Waals surface area (Å²) >= 11 is 0. The molecule has 0 saturated heterocycles. The Morgan fingerprint density at radius 1 is 1.60 bits per heavy atom. The van der Waals surface area contributed by atoms with E-state index < -0.39 is 6.10 Å². The molecule has 2 aromatic rings. The van der Waals surface area contributed by atoms with Crippen molar-refractivity contribution in [3.63, 3.8) is 0 Å². The first kappa shape index (κ1) is 10.1. The molecule has 1 unspecified atom stereocenters. The van der Waals surface area contributed by atoms with Crippen molar-refractivity contribution in [2.75, 3.05) is 6.54 Å². The van der Waals surface area contributed by atoms with Gasteiger partial charge in [0, 0.05) is 12.4 Å². The van der Waals surface area contributed by atoms with E-state index in [2.05, 4.69) is 9.97 Å². The van der Waals surface area contributed by atoms with Crippen molar-refractivity contribution >= 4 is 5.65 Å². The highest BCUT2D eigenvalue weighted by atomic mass is 16.3. The summed E-state index contributed by atoms with van der Waals surface area (Å²) in [5.74, 6) is 0. The van der Waals surface area contributed by atoms with E-state index in [1.807, 2.05) is 11.3 Å². The molecule has 0 aliphatic heterocycles. The molecule has 0 bridgehead atoms. The summed E-state index contributed by atoms with van der Waals surface area (Å²) in [6.45, 7) is 2.33. The molecule has 2 aromatic heterocycles. The van der Waals surface area contributed by atoms with E-state index in [4.69, 9.17) is 5.73 Å². The molecule has 0 radical (unpaired) electrons. The summed E-state index contributed by atoms with van der Waals surface area (Å²) in [5.41, 5.74) is 7.81. The van der Waals surface area contributed by atoms with Crippen molar-refractivity contribution in [1.29, 1.82) is 0 Å². The van der Waals surface area contributed by atoms with E-state index >= 15 is 0 Å². The van der Waals surface area contributed by atoms with Gasteiger partial charge in [-0.2, -0.15) is 0 Å². The number of aryl methyl sites for hydroxylation is 1. The Bertz CT molecular complexity index is 465. The first-order valence-corrected chi connectivity index (χ1v) is 4.90. The van der Waals surface area contributed by atoms with Crippen LogP contribution in [0.1, 0.15) is 23.9 Å². The van der Waals surface area contributed by atoms with Crippen molar-refractivity contribution in [3.8, 4) is 0 Å². The van der Waals surface area contributed by atoms with Crippen molar-refractivity contribution in [3.05, 3.63) is 30.0 Å². The molecule has 2 heterocycles. The zero-order valence-electron chi connectivity index (χ0n) is 8.59. The highest BCUT2D eigenvalue weighted by Crippen LogP contribution is 2.20. The van der Waals surface area contributed by atoms with Crippen LogP contribution in [-0.2, 0) is 0 Å². The number of imidazole rings is 1. The fourth-order valence-electron chi connectivity index (χ4n) is 1.74. The summed E-state index contributed by atoms with van der Waals surface area (Å²) in [5, 5.41) is 9.93. The quantitative estimate of drug-likeness (QED) is 0.763. The zero-order valence-corrected chi connectivity index (χ0v) is 8.59. The lowest BCUT2D eigenvalue weighted by molar-refractivity contribution is 0.164. The summed E-state index contributed by atoms with van der Waals surface area (Å²) in [6, 6.07) is 0. The second-order valence-corrected chi connectivity index (χ2v) is 3.48. The fraction of sp³-hybridized carbons (Fsp3) is 0.400. The van der Waals surface area contributed by atoms with Gasteiger partial charge >= 0.3 is 0 Å². The Morgan fingerprint density at radius 2 is 2.40 bits per heavy atom. The van der Waals surface area contributed by atoms with Gasteiger partial charge in [-0.15, -0.1) is 0 Å². The summed E-state index contributed by atoms with van der Waals surface area (Å²) in [4.78, 5) is 8.30. The van der Waals surface area contributed by atoms with Gasteiger partial charge in [-0.1, -0.05) is 0 Å². The Balaban J connectivity index is 2.53. The van der Waals surface area contributed by atoms with Gasteiger partial charge in [0.25, 0.3) is 0 Å². The Kier molecular flexibility index (Phi) is 2.66. The van der Waals surface area contributed by atoms with Crippen molar-refractivity contribution < 1.29 is 5.11 Å². The van der Waals surface area contributed by atoms with Crippen LogP contribution < -0.4 is 5.73 Å². The summed E-state index contributed by atoms with van der Waals surface area (Å²) in [7, 11) is 0. The molecule has 0 aliphatic carbocycles. The molecule has 2 rings (SSSR count). The molecule has 1 atom stereocenters. The zero-order chi connectivity index (χ0) is 10.8. The van der Waals surface area contributed by atoms with E-state index in [0.717, 1.165) is 17.0 Å². The number of aromatic nitrogens is 3. The molecule has 0 aromatic carbocycles. The third-order valence-electron chi connectivity index (χ3n) is 2.41. The monoisotopic (exact) mass is 206 g/mol. The molecule has 5 heteroatoms. The molecule has 0 aliphatic rings. The van der Waals surface area contributed by atoms with Gasteiger partial charge in [0.1, 0.15) is 0 Å². The van der Waals surface area contributed by atoms with Gasteiger partial charge in [-0.3, -0.25) is 9.38 Å². The predicted molar refractivity (Wildman–Crippen MR) is 56.4 cm³/mol. The number of aliphatic hydroxyl groups excluding tert-OH is 1. The van der Waals surface area contributed by atoms with E-state index in [1.165, 1.54) is 0 Å². The number of nitrogens with zero attached hydrogens (tertiary/aromatic N) is 3. The lowest BCUT2D eigenvalue weighted by atomic mass is 10.1. The first-order valence-electron chi connectivity index (χ1n) is 4.90. The topological polar surface area (TPSA) is 76.4 Å². The molecule has 5 nitrogen and oxygen atoms in total. The molecule has 15 heavy (non-hydrogen) atoms. The van der Waals surface area contributed by atoms with Crippen LogP contribution >= 0.6 is 0 Å². The molecule has 3 N–H and O–H groups in total. The maximum Gasteiger partial charge on any atom is 0.155 e. The van der Waals surface area contributed by atoms with E-state index in [-0.39, 0.29) is 0 Å². The molecule has 80 valence electrons. The Hall–Kier alpha value is -1.46. The highest BCUT2D eigenvalue weighted by molar-refractivity contribution is 5.41. The van der Waals surface area contributed by atoms with Gasteiger partial charge in [0.2, 0.25) is 0 Å². The third-order valence-corrected chi connectivity index (χ3v) is 2.41. The van der Waals surface area contributed by atoms with Crippen LogP contribution in [0.15, 0.2) is 18.6 Å². The third kappa shape index (κ3) is 1.71. The largest absolute Gasteiger partial charge is 0.387 e. The number of rotatable bonds is 3. The molecule has 0 fully saturated rings. The fourth-order valence-corrected chi connectivity index (χ4v) is 1.74. The highest BCUT2D eigenvalue weighted by Gasteiger charge is 2.15. The second kappa shape index (κ2) is 3.96. The van der Waals surface area contributed by atoms with Crippen molar-refractivity contribution in [2.24, 2.45) is 5.73 Å². The smallest absolute Gasteiger partial charge is 0.155 e. The lowest BCUT2D eigenvalue weighted by Gasteiger charge is -2.09. The maximum absolute atomic E-state index is 9.93. The van der Waals surface area contributed by atoms with Crippen LogP contribution in [-0.4, -0.2) is 26.0 Å². The van der Waals surface area contributed by atoms with Crippen LogP contribution in [0.3, 0.4) is 0 Å². The Morgan fingerprint density at radius 3 is 3.13 bits per heavy atom. The number of hydrogen-bond acceptors (Lipinski definition) is 4. The predicted octanol–water partition coefficient (Wildman–Crippen LogP) is 0.420. The molecule has 0 amide bonds. The van der Waals surface area contributed by atoms with Crippen LogP contribution in [0.2, 0.25) is 0 Å². The SMILES string of the molecule is Cc1nc2cnccn2c1C(O)CCN. The number of hydrogen-bond donors (Lipinski definition) is 2. The van der Waals surface area contributed by atoms with Gasteiger partial charge < -0.3 is 10.8 Å². The lowest BCUT2D eigenvalue weighted by Crippen LogP contribution is -2.09. The average molecular weight is 206 g/mol. The van der Waals surface area contributed by atoms with Gasteiger partial charge in [-0.25, -0.2) is 4.98 Å². The van der Waals surface area contributed by atoms with Gasteiger partial charge in [0.05, 0.1) is 23.7 Å². The van der Waals surface area contributed by atoms with Gasteiger partial charge in [0.15, 0.2) is 5.65 Å². The van der Waals surface area contributed by atoms with Crippen molar-refractivity contribution in [1.82, 2.24) is 14.4 Å². The van der Waals surface area contributed by atoms with Crippen LogP contribution in [0.25, 0.3) is 5.65 Å². The van der Waals surface area contributed by atoms with E-state index in [9.17, 15) is 5.11 Å². The number of aliphatic hydroxyl groups is 1. The summed E-state index contributed by atoms with van der Waals surface area (Å²) in [6.07, 6.45) is 5.12. The molecule has 0 saturated carbocycles. The van der Waals surface area contributed by atoms with Gasteiger partial charge in [-0.05, 0) is 19.9 Å². The van der Waals surface area contributed by atoms with E-state index in [0.29, 0.717) is 13.0 Å². The van der Waals surface area contributed by atoms with E-state index in [1.54, 1.807) is 18.6 Å². The molecular weight excluding hydrogens is 192 g/mol. The molecule has 0 spiro atoms. The minimum absolute atomic E-state index is 0.457. The second-order valence-electron chi connectivity index (χ2n) is 3.48. The minimum atomic E-state index is -0.563. The molecular formula is C10H14N4O. The van der Waals surface area contributed by atoms with Crippen LogP contribution in [0, 0.1) is 6.92 Å². The first-order chi connectivity index (χ1) is 7.24. The van der Waals surface area contributed by atoms with Crippen LogP contribution in [0.5, 0.6) is 0 Å².